The van der Waals surface area contributed by atoms with Crippen molar-refractivity contribution >= 4 is 17.4 Å². The van der Waals surface area contributed by atoms with Crippen molar-refractivity contribution in [3.05, 3.63) is 53.1 Å². The van der Waals surface area contributed by atoms with Gasteiger partial charge in [-0.3, -0.25) is 0 Å². The molecule has 0 spiro atoms. The largest absolute Gasteiger partial charge is 0.497 e. The van der Waals surface area contributed by atoms with Crippen LogP contribution in [0.5, 0.6) is 5.75 Å². The fraction of sp³-hybridized carbons (Fsp3) is 0.250. The number of thioether (sulfide) groups is 1. The zero-order valence-corrected chi connectivity index (χ0v) is 12.4. The second-order valence-corrected chi connectivity index (χ2v) is 5.71. The number of nitrogens with two attached hydrogens (primary N) is 1. The Morgan fingerprint density at radius 3 is 2.37 bits per heavy atom. The summed E-state index contributed by atoms with van der Waals surface area (Å²) in [5.41, 5.74) is 10.7. The number of aryl methyl sites for hydroxylation is 2. The van der Waals surface area contributed by atoms with Crippen LogP contribution in [0.1, 0.15) is 16.7 Å². The van der Waals surface area contributed by atoms with E-state index in [9.17, 15) is 0 Å². The molecule has 0 aliphatic carbocycles. The molecular formula is C16H19NOS. The lowest BCUT2D eigenvalue weighted by atomic mass is 10.1. The standard InChI is InChI=1S/C16H19NOS/c1-11-6-12(2)8-13(7-11)10-19-16-9-14(18-3)4-5-15(16)17/h4-9H,10,17H2,1-3H3. The molecule has 2 aromatic carbocycles. The number of anilines is 1. The zero-order valence-electron chi connectivity index (χ0n) is 11.6. The van der Waals surface area contributed by atoms with Gasteiger partial charge in [0, 0.05) is 16.3 Å². The van der Waals surface area contributed by atoms with E-state index in [4.69, 9.17) is 10.5 Å². The van der Waals surface area contributed by atoms with Crippen LogP contribution >= 0.6 is 11.8 Å². The lowest BCUT2D eigenvalue weighted by Crippen LogP contribution is -1.91. The summed E-state index contributed by atoms with van der Waals surface area (Å²) in [6.07, 6.45) is 0. The highest BCUT2D eigenvalue weighted by atomic mass is 32.2. The van der Waals surface area contributed by atoms with Crippen LogP contribution in [-0.4, -0.2) is 7.11 Å². The van der Waals surface area contributed by atoms with Crippen molar-refractivity contribution in [2.45, 2.75) is 24.5 Å². The highest BCUT2D eigenvalue weighted by Gasteiger charge is 2.04. The van der Waals surface area contributed by atoms with Crippen LogP contribution in [0.4, 0.5) is 5.69 Å². The van der Waals surface area contributed by atoms with Gasteiger partial charge in [-0.2, -0.15) is 0 Å². The van der Waals surface area contributed by atoms with E-state index < -0.39 is 0 Å². The molecule has 19 heavy (non-hydrogen) atoms. The van der Waals surface area contributed by atoms with Crippen molar-refractivity contribution in [1.29, 1.82) is 0 Å². The Labute approximate surface area is 119 Å². The molecule has 0 saturated carbocycles. The predicted molar refractivity (Wildman–Crippen MR) is 82.9 cm³/mol. The maximum absolute atomic E-state index is 5.99. The first-order chi connectivity index (χ1) is 9.08. The van der Waals surface area contributed by atoms with Gasteiger partial charge in [0.2, 0.25) is 0 Å². The molecule has 2 rings (SSSR count). The highest BCUT2D eigenvalue weighted by Crippen LogP contribution is 2.31. The summed E-state index contributed by atoms with van der Waals surface area (Å²) in [5, 5.41) is 0. The van der Waals surface area contributed by atoms with Gasteiger partial charge in [-0.25, -0.2) is 0 Å². The van der Waals surface area contributed by atoms with E-state index in [2.05, 4.69) is 32.0 Å². The molecule has 3 heteroatoms. The van der Waals surface area contributed by atoms with E-state index in [1.807, 2.05) is 18.2 Å². The molecule has 100 valence electrons. The molecule has 2 nitrogen and oxygen atoms in total. The summed E-state index contributed by atoms with van der Waals surface area (Å²) in [7, 11) is 1.67. The molecule has 0 aliphatic heterocycles. The van der Waals surface area contributed by atoms with Crippen molar-refractivity contribution < 1.29 is 4.74 Å². The van der Waals surface area contributed by atoms with Crippen molar-refractivity contribution in [1.82, 2.24) is 0 Å². The first-order valence-corrected chi connectivity index (χ1v) is 7.20. The van der Waals surface area contributed by atoms with E-state index in [0.717, 1.165) is 22.1 Å². The summed E-state index contributed by atoms with van der Waals surface area (Å²) < 4.78 is 5.23. The maximum Gasteiger partial charge on any atom is 0.120 e. The summed E-state index contributed by atoms with van der Waals surface area (Å²) >= 11 is 1.74. The van der Waals surface area contributed by atoms with Crippen molar-refractivity contribution in [3.63, 3.8) is 0 Å². The van der Waals surface area contributed by atoms with Crippen molar-refractivity contribution in [2.24, 2.45) is 0 Å². The number of hydrogen-bond donors (Lipinski definition) is 1. The monoisotopic (exact) mass is 273 g/mol. The molecule has 0 fully saturated rings. The summed E-state index contributed by atoms with van der Waals surface area (Å²) in [4.78, 5) is 1.07. The number of rotatable bonds is 4. The first kappa shape index (κ1) is 13.8. The maximum atomic E-state index is 5.99. The quantitative estimate of drug-likeness (QED) is 0.670. The van der Waals surface area contributed by atoms with Crippen LogP contribution in [0.25, 0.3) is 0 Å². The van der Waals surface area contributed by atoms with Gasteiger partial charge in [-0.1, -0.05) is 29.3 Å². The lowest BCUT2D eigenvalue weighted by molar-refractivity contribution is 0.414. The second-order valence-electron chi connectivity index (χ2n) is 4.69. The van der Waals surface area contributed by atoms with Gasteiger partial charge in [0.25, 0.3) is 0 Å². The van der Waals surface area contributed by atoms with Crippen LogP contribution < -0.4 is 10.5 Å². The SMILES string of the molecule is COc1ccc(N)c(SCc2cc(C)cc(C)c2)c1. The molecule has 0 unspecified atom stereocenters. The fourth-order valence-corrected chi connectivity index (χ4v) is 3.00. The molecule has 2 aromatic rings. The van der Waals surface area contributed by atoms with E-state index in [1.165, 1.54) is 16.7 Å². The van der Waals surface area contributed by atoms with E-state index in [-0.39, 0.29) is 0 Å². The topological polar surface area (TPSA) is 35.2 Å². The Bertz CT molecular complexity index is 561. The van der Waals surface area contributed by atoms with Crippen molar-refractivity contribution in [2.75, 3.05) is 12.8 Å². The van der Waals surface area contributed by atoms with Gasteiger partial charge in [0.05, 0.1) is 7.11 Å². The minimum atomic E-state index is 0.801. The predicted octanol–water partition coefficient (Wildman–Crippen LogP) is 4.19. The number of nitrogen functional groups attached to an aromatic ring is 1. The van der Waals surface area contributed by atoms with Crippen molar-refractivity contribution in [3.8, 4) is 5.75 Å². The van der Waals surface area contributed by atoms with E-state index >= 15 is 0 Å². The smallest absolute Gasteiger partial charge is 0.120 e. The average molecular weight is 273 g/mol. The zero-order chi connectivity index (χ0) is 13.8. The number of hydrogen-bond acceptors (Lipinski definition) is 3. The first-order valence-electron chi connectivity index (χ1n) is 6.22. The Morgan fingerprint density at radius 2 is 1.74 bits per heavy atom. The molecule has 0 heterocycles. The normalized spacial score (nSPS) is 10.5. The average Bonchev–Trinajstić information content (AvgIpc) is 2.37. The molecule has 0 bridgehead atoms. The Hall–Kier alpha value is -1.61. The number of methoxy groups -OCH3 is 1. The Kier molecular flexibility index (Phi) is 4.38. The Balaban J connectivity index is 2.13. The second kappa shape index (κ2) is 6.02. The van der Waals surface area contributed by atoms with Gasteiger partial charge >= 0.3 is 0 Å². The van der Waals surface area contributed by atoms with Crippen LogP contribution in [0.3, 0.4) is 0 Å². The molecule has 0 aromatic heterocycles. The molecule has 0 atom stereocenters. The molecule has 0 radical (unpaired) electrons. The molecule has 0 amide bonds. The van der Waals surface area contributed by atoms with E-state index in [0.29, 0.717) is 0 Å². The van der Waals surface area contributed by atoms with Gasteiger partial charge in [-0.15, -0.1) is 11.8 Å². The fourth-order valence-electron chi connectivity index (χ4n) is 2.08. The van der Waals surface area contributed by atoms with Gasteiger partial charge in [0.1, 0.15) is 5.75 Å². The minimum Gasteiger partial charge on any atom is -0.497 e. The van der Waals surface area contributed by atoms with Crippen LogP contribution in [-0.2, 0) is 5.75 Å². The summed E-state index contributed by atoms with van der Waals surface area (Å²) in [5.74, 6) is 1.76. The summed E-state index contributed by atoms with van der Waals surface area (Å²) in [6, 6.07) is 12.4. The third-order valence-electron chi connectivity index (χ3n) is 2.90. The Morgan fingerprint density at radius 1 is 1.05 bits per heavy atom. The van der Waals surface area contributed by atoms with Crippen LogP contribution in [0.15, 0.2) is 41.3 Å². The van der Waals surface area contributed by atoms with Crippen LogP contribution in [0, 0.1) is 13.8 Å². The highest BCUT2D eigenvalue weighted by molar-refractivity contribution is 7.98. The summed E-state index contributed by atoms with van der Waals surface area (Å²) in [6.45, 7) is 4.25. The van der Waals surface area contributed by atoms with Gasteiger partial charge in [-0.05, 0) is 37.6 Å². The molecule has 2 N–H and O–H groups in total. The van der Waals surface area contributed by atoms with E-state index in [1.54, 1.807) is 18.9 Å². The number of benzene rings is 2. The molecule has 0 aliphatic rings. The lowest BCUT2D eigenvalue weighted by Gasteiger charge is -2.09. The van der Waals surface area contributed by atoms with Gasteiger partial charge < -0.3 is 10.5 Å². The third-order valence-corrected chi connectivity index (χ3v) is 4.04. The van der Waals surface area contributed by atoms with Gasteiger partial charge in [0.15, 0.2) is 0 Å². The molecule has 0 saturated heterocycles. The third kappa shape index (κ3) is 3.67. The number of ether oxygens (including phenoxy) is 1. The molecular weight excluding hydrogens is 254 g/mol. The van der Waals surface area contributed by atoms with Crippen LogP contribution in [0.2, 0.25) is 0 Å². The minimum absolute atomic E-state index is 0.801.